The van der Waals surface area contributed by atoms with Gasteiger partial charge < -0.3 is 4.74 Å². The molecule has 0 atom stereocenters. The van der Waals surface area contributed by atoms with E-state index < -0.39 is 0 Å². The van der Waals surface area contributed by atoms with Crippen LogP contribution in [0, 0.1) is 0 Å². The SMILES string of the molecule is CCOC(=O)c1cc[n+]2ccc(-c3ccccc3)c(-c3ccccc3)c2c1. The van der Waals surface area contributed by atoms with Crippen LogP contribution in [0.2, 0.25) is 0 Å². The van der Waals surface area contributed by atoms with Crippen molar-refractivity contribution < 1.29 is 13.9 Å². The Morgan fingerprint density at radius 2 is 1.48 bits per heavy atom. The molecule has 4 rings (SSSR count). The van der Waals surface area contributed by atoms with Crippen molar-refractivity contribution >= 4 is 11.5 Å². The summed E-state index contributed by atoms with van der Waals surface area (Å²) < 4.78 is 7.23. The molecule has 0 amide bonds. The molecule has 0 N–H and O–H groups in total. The number of nitrogens with zero attached hydrogens (tertiary/aromatic N) is 1. The third-order valence-corrected chi connectivity index (χ3v) is 4.57. The first kappa shape index (κ1) is 17.0. The number of hydrogen-bond donors (Lipinski definition) is 0. The van der Waals surface area contributed by atoms with Crippen molar-refractivity contribution in [2.24, 2.45) is 0 Å². The van der Waals surface area contributed by atoms with Crippen LogP contribution in [-0.2, 0) is 4.74 Å². The third-order valence-electron chi connectivity index (χ3n) is 4.57. The second kappa shape index (κ2) is 7.42. The average molecular weight is 354 g/mol. The Morgan fingerprint density at radius 3 is 2.15 bits per heavy atom. The van der Waals surface area contributed by atoms with Gasteiger partial charge >= 0.3 is 5.97 Å². The van der Waals surface area contributed by atoms with Gasteiger partial charge in [-0.2, -0.15) is 4.40 Å². The Labute approximate surface area is 158 Å². The minimum atomic E-state index is -0.302. The molecule has 0 unspecified atom stereocenters. The first-order chi connectivity index (χ1) is 13.3. The van der Waals surface area contributed by atoms with E-state index in [1.165, 1.54) is 0 Å². The number of aromatic nitrogens is 1. The molecule has 0 fully saturated rings. The third kappa shape index (κ3) is 3.32. The van der Waals surface area contributed by atoms with Crippen molar-refractivity contribution in [3.63, 3.8) is 0 Å². The summed E-state index contributed by atoms with van der Waals surface area (Å²) in [5, 5.41) is 0. The molecule has 0 saturated heterocycles. The molecule has 0 aliphatic carbocycles. The van der Waals surface area contributed by atoms with Gasteiger partial charge in [0.15, 0.2) is 12.4 Å². The van der Waals surface area contributed by atoms with Crippen LogP contribution >= 0.6 is 0 Å². The van der Waals surface area contributed by atoms with Crippen molar-refractivity contribution in [1.82, 2.24) is 0 Å². The smallest absolute Gasteiger partial charge is 0.338 e. The number of benzene rings is 2. The fraction of sp³-hybridized carbons (Fsp3) is 0.0833. The maximum absolute atomic E-state index is 12.3. The molecule has 0 spiro atoms. The summed E-state index contributed by atoms with van der Waals surface area (Å²) in [6.45, 7) is 2.18. The molecule has 4 aromatic rings. The van der Waals surface area contributed by atoms with Gasteiger partial charge in [-0.05, 0) is 18.1 Å². The Hall–Kier alpha value is -3.46. The zero-order chi connectivity index (χ0) is 18.6. The van der Waals surface area contributed by atoms with Crippen LogP contribution in [0.25, 0.3) is 27.8 Å². The number of fused-ring (bicyclic) bond motifs is 1. The van der Waals surface area contributed by atoms with E-state index in [-0.39, 0.29) is 5.97 Å². The number of esters is 1. The van der Waals surface area contributed by atoms with Gasteiger partial charge in [0.05, 0.1) is 17.7 Å². The molecule has 2 heterocycles. The topological polar surface area (TPSA) is 30.4 Å². The van der Waals surface area contributed by atoms with Gasteiger partial charge in [-0.25, -0.2) is 4.79 Å². The minimum Gasteiger partial charge on any atom is -0.462 e. The van der Waals surface area contributed by atoms with Crippen molar-refractivity contribution in [2.45, 2.75) is 6.92 Å². The highest BCUT2D eigenvalue weighted by molar-refractivity contribution is 5.95. The molecule has 0 aliphatic rings. The largest absolute Gasteiger partial charge is 0.462 e. The summed E-state index contributed by atoms with van der Waals surface area (Å²) in [6, 6.07) is 26.4. The molecule has 0 aliphatic heterocycles. The van der Waals surface area contributed by atoms with Gasteiger partial charge in [0.25, 0.3) is 0 Å². The number of pyridine rings is 2. The van der Waals surface area contributed by atoms with E-state index in [1.807, 2.05) is 66.2 Å². The average Bonchev–Trinajstić information content (AvgIpc) is 2.74. The van der Waals surface area contributed by atoms with Crippen molar-refractivity contribution in [3.8, 4) is 22.3 Å². The van der Waals surface area contributed by atoms with Crippen LogP contribution < -0.4 is 4.40 Å². The number of hydrogen-bond acceptors (Lipinski definition) is 2. The van der Waals surface area contributed by atoms with Crippen LogP contribution in [-0.4, -0.2) is 12.6 Å². The Balaban J connectivity index is 2.02. The van der Waals surface area contributed by atoms with Gasteiger partial charge in [-0.3, -0.25) is 0 Å². The zero-order valence-electron chi connectivity index (χ0n) is 15.1. The van der Waals surface area contributed by atoms with Crippen molar-refractivity contribution in [2.75, 3.05) is 6.61 Å². The number of ether oxygens (including phenoxy) is 1. The number of carbonyl (C=O) groups excluding carboxylic acids is 1. The maximum Gasteiger partial charge on any atom is 0.338 e. The lowest BCUT2D eigenvalue weighted by atomic mass is 9.94. The van der Waals surface area contributed by atoms with E-state index in [4.69, 9.17) is 4.74 Å². The molecule has 0 radical (unpaired) electrons. The molecule has 2 aromatic heterocycles. The Kier molecular flexibility index (Phi) is 4.67. The molecule has 3 heteroatoms. The van der Waals surface area contributed by atoms with E-state index in [2.05, 4.69) is 30.3 Å². The zero-order valence-corrected chi connectivity index (χ0v) is 15.1. The van der Waals surface area contributed by atoms with Gasteiger partial charge in [-0.1, -0.05) is 60.7 Å². The summed E-state index contributed by atoms with van der Waals surface area (Å²) in [7, 11) is 0. The van der Waals surface area contributed by atoms with Crippen LogP contribution in [0.1, 0.15) is 17.3 Å². The fourth-order valence-electron chi connectivity index (χ4n) is 3.33. The quantitative estimate of drug-likeness (QED) is 0.384. The van der Waals surface area contributed by atoms with Crippen molar-refractivity contribution in [1.29, 1.82) is 0 Å². The van der Waals surface area contributed by atoms with Crippen LogP contribution in [0.15, 0.2) is 91.3 Å². The molecule has 3 nitrogen and oxygen atoms in total. The predicted octanol–water partition coefficient (Wildman–Crippen LogP) is 4.94. The molecular weight excluding hydrogens is 334 g/mol. The molecule has 27 heavy (non-hydrogen) atoms. The van der Waals surface area contributed by atoms with E-state index in [9.17, 15) is 4.79 Å². The lowest BCUT2D eigenvalue weighted by molar-refractivity contribution is -0.511. The highest BCUT2D eigenvalue weighted by Crippen LogP contribution is 2.34. The first-order valence-corrected chi connectivity index (χ1v) is 9.04. The second-order valence-corrected chi connectivity index (χ2v) is 6.26. The highest BCUT2D eigenvalue weighted by atomic mass is 16.5. The maximum atomic E-state index is 12.3. The van der Waals surface area contributed by atoms with Crippen LogP contribution in [0.5, 0.6) is 0 Å². The van der Waals surface area contributed by atoms with Gasteiger partial charge in [0.2, 0.25) is 5.52 Å². The summed E-state index contributed by atoms with van der Waals surface area (Å²) in [6.07, 6.45) is 3.93. The monoisotopic (exact) mass is 354 g/mol. The summed E-state index contributed by atoms with van der Waals surface area (Å²) in [5.41, 5.74) is 5.99. The van der Waals surface area contributed by atoms with E-state index in [0.29, 0.717) is 12.2 Å². The molecule has 2 aromatic carbocycles. The van der Waals surface area contributed by atoms with E-state index in [0.717, 1.165) is 27.8 Å². The van der Waals surface area contributed by atoms with Crippen LogP contribution in [0.4, 0.5) is 0 Å². The normalized spacial score (nSPS) is 10.7. The number of rotatable bonds is 4. The van der Waals surface area contributed by atoms with Gasteiger partial charge in [0, 0.05) is 23.8 Å². The summed E-state index contributed by atoms with van der Waals surface area (Å²) in [5.74, 6) is -0.302. The predicted molar refractivity (Wildman–Crippen MR) is 106 cm³/mol. The molecule has 0 bridgehead atoms. The minimum absolute atomic E-state index is 0.302. The first-order valence-electron chi connectivity index (χ1n) is 9.04. The van der Waals surface area contributed by atoms with E-state index in [1.54, 1.807) is 6.07 Å². The lowest BCUT2D eigenvalue weighted by Gasteiger charge is -2.11. The van der Waals surface area contributed by atoms with Crippen LogP contribution in [0.3, 0.4) is 0 Å². The number of carbonyl (C=O) groups is 1. The molecule has 132 valence electrons. The van der Waals surface area contributed by atoms with E-state index >= 15 is 0 Å². The summed E-state index contributed by atoms with van der Waals surface area (Å²) >= 11 is 0. The summed E-state index contributed by atoms with van der Waals surface area (Å²) in [4.78, 5) is 12.3. The highest BCUT2D eigenvalue weighted by Gasteiger charge is 2.19. The second-order valence-electron chi connectivity index (χ2n) is 6.26. The van der Waals surface area contributed by atoms with Gasteiger partial charge in [-0.15, -0.1) is 0 Å². The molecule has 0 saturated carbocycles. The Bertz CT molecular complexity index is 1090. The van der Waals surface area contributed by atoms with Crippen molar-refractivity contribution in [3.05, 3.63) is 96.8 Å². The standard InChI is InChI=1S/C24H20NO2/c1-2-27-24(26)20-13-15-25-16-14-21(18-9-5-3-6-10-18)23(22(25)17-20)19-11-7-4-8-12-19/h3-17H,2H2,1H3/q+1. The Morgan fingerprint density at radius 1 is 0.852 bits per heavy atom. The fourth-order valence-corrected chi connectivity index (χ4v) is 3.33. The molecular formula is C24H20NO2+. The lowest BCUT2D eigenvalue weighted by Crippen LogP contribution is -2.23. The van der Waals surface area contributed by atoms with Gasteiger partial charge in [0.1, 0.15) is 0 Å².